The molecule has 2 unspecified atom stereocenters. The zero-order valence-corrected chi connectivity index (χ0v) is 7.32. The van der Waals surface area contributed by atoms with Crippen molar-refractivity contribution in [1.82, 2.24) is 5.32 Å². The minimum absolute atomic E-state index is 0.0744. The summed E-state index contributed by atoms with van der Waals surface area (Å²) in [4.78, 5) is 21.5. The molecule has 2 saturated carbocycles. The second-order valence-electron chi connectivity index (χ2n) is 4.04. The van der Waals surface area contributed by atoms with Crippen LogP contribution in [0.25, 0.3) is 0 Å². The van der Waals surface area contributed by atoms with Gasteiger partial charge in [-0.1, -0.05) is 0 Å². The molecule has 2 aliphatic rings. The van der Waals surface area contributed by atoms with Crippen LogP contribution in [-0.2, 0) is 9.59 Å². The van der Waals surface area contributed by atoms with Crippen molar-refractivity contribution >= 4 is 11.9 Å². The quantitative estimate of drug-likeness (QED) is 0.658. The Morgan fingerprint density at radius 1 is 1.23 bits per heavy atom. The van der Waals surface area contributed by atoms with E-state index in [0.29, 0.717) is 0 Å². The summed E-state index contributed by atoms with van der Waals surface area (Å²) in [6.07, 6.45) is 3.22. The van der Waals surface area contributed by atoms with Gasteiger partial charge in [0.25, 0.3) is 0 Å². The molecule has 0 heterocycles. The van der Waals surface area contributed by atoms with Crippen LogP contribution in [0.3, 0.4) is 0 Å². The van der Waals surface area contributed by atoms with Crippen molar-refractivity contribution in [3.63, 3.8) is 0 Å². The molecule has 0 aromatic rings. The molecular formula is C9H13NO3. The van der Waals surface area contributed by atoms with Gasteiger partial charge in [-0.3, -0.25) is 9.59 Å². The van der Waals surface area contributed by atoms with Gasteiger partial charge in [-0.15, -0.1) is 0 Å². The van der Waals surface area contributed by atoms with Gasteiger partial charge in [-0.25, -0.2) is 0 Å². The third-order valence-corrected chi connectivity index (χ3v) is 3.03. The maximum Gasteiger partial charge on any atom is 0.322 e. The largest absolute Gasteiger partial charge is 0.480 e. The SMILES string of the molecule is O=C(O)CNC(=O)C1CC2CC2C1. The predicted molar refractivity (Wildman–Crippen MR) is 45.0 cm³/mol. The highest BCUT2D eigenvalue weighted by molar-refractivity contribution is 5.83. The Bertz CT molecular complexity index is 241. The lowest BCUT2D eigenvalue weighted by Crippen LogP contribution is -2.34. The van der Waals surface area contributed by atoms with E-state index in [9.17, 15) is 9.59 Å². The van der Waals surface area contributed by atoms with Gasteiger partial charge in [-0.05, 0) is 31.1 Å². The molecule has 13 heavy (non-hydrogen) atoms. The molecule has 2 N–H and O–H groups in total. The van der Waals surface area contributed by atoms with Crippen LogP contribution < -0.4 is 5.32 Å². The maximum atomic E-state index is 11.3. The van der Waals surface area contributed by atoms with Crippen LogP contribution in [0.15, 0.2) is 0 Å². The fourth-order valence-corrected chi connectivity index (χ4v) is 2.24. The highest BCUT2D eigenvalue weighted by Gasteiger charge is 2.47. The molecule has 0 spiro atoms. The highest BCUT2D eigenvalue weighted by atomic mass is 16.4. The summed E-state index contributed by atoms with van der Waals surface area (Å²) in [7, 11) is 0. The topological polar surface area (TPSA) is 66.4 Å². The number of carboxylic acid groups (broad SMARTS) is 1. The summed E-state index contributed by atoms with van der Waals surface area (Å²) in [5.74, 6) is 0.565. The van der Waals surface area contributed by atoms with E-state index in [4.69, 9.17) is 5.11 Å². The first kappa shape index (κ1) is 8.53. The number of hydrogen-bond acceptors (Lipinski definition) is 2. The smallest absolute Gasteiger partial charge is 0.322 e. The van der Waals surface area contributed by atoms with Crippen LogP contribution >= 0.6 is 0 Å². The summed E-state index contributed by atoms with van der Waals surface area (Å²) in [6, 6.07) is 0. The van der Waals surface area contributed by atoms with E-state index < -0.39 is 5.97 Å². The first-order chi connectivity index (χ1) is 6.16. The molecule has 0 bridgehead atoms. The first-order valence-corrected chi connectivity index (χ1v) is 4.66. The van der Waals surface area contributed by atoms with Crippen molar-refractivity contribution in [2.45, 2.75) is 19.3 Å². The third kappa shape index (κ3) is 1.82. The van der Waals surface area contributed by atoms with Crippen molar-refractivity contribution in [2.75, 3.05) is 6.54 Å². The Labute approximate surface area is 76.3 Å². The Kier molecular flexibility index (Phi) is 1.98. The van der Waals surface area contributed by atoms with Crippen LogP contribution in [0.4, 0.5) is 0 Å². The zero-order valence-electron chi connectivity index (χ0n) is 7.32. The van der Waals surface area contributed by atoms with Crippen LogP contribution in [0, 0.1) is 17.8 Å². The number of nitrogens with one attached hydrogen (secondary N) is 1. The zero-order chi connectivity index (χ0) is 9.42. The van der Waals surface area contributed by atoms with Crippen LogP contribution in [0.5, 0.6) is 0 Å². The lowest BCUT2D eigenvalue weighted by molar-refractivity contribution is -0.138. The average molecular weight is 183 g/mol. The standard InChI is InChI=1S/C9H13NO3/c11-8(12)4-10-9(13)7-2-5-1-6(5)3-7/h5-7H,1-4H2,(H,10,13)(H,11,12). The lowest BCUT2D eigenvalue weighted by Gasteiger charge is -2.10. The van der Waals surface area contributed by atoms with Crippen molar-refractivity contribution in [1.29, 1.82) is 0 Å². The van der Waals surface area contributed by atoms with E-state index in [0.717, 1.165) is 24.7 Å². The van der Waals surface area contributed by atoms with Gasteiger partial charge in [0.2, 0.25) is 5.91 Å². The number of hydrogen-bond donors (Lipinski definition) is 2. The van der Waals surface area contributed by atoms with Gasteiger partial charge < -0.3 is 10.4 Å². The number of carboxylic acids is 1. The van der Waals surface area contributed by atoms with E-state index >= 15 is 0 Å². The minimum atomic E-state index is -0.975. The maximum absolute atomic E-state index is 11.3. The van der Waals surface area contributed by atoms with Crippen LogP contribution in [0.1, 0.15) is 19.3 Å². The van der Waals surface area contributed by atoms with E-state index in [-0.39, 0.29) is 18.4 Å². The normalized spacial score (nSPS) is 35.2. The van der Waals surface area contributed by atoms with Gasteiger partial charge in [0.05, 0.1) is 0 Å². The molecule has 2 atom stereocenters. The molecule has 1 amide bonds. The second kappa shape index (κ2) is 3.01. The molecule has 4 nitrogen and oxygen atoms in total. The van der Waals surface area contributed by atoms with E-state index in [2.05, 4.69) is 5.32 Å². The molecule has 0 aromatic carbocycles. The van der Waals surface area contributed by atoms with Crippen molar-refractivity contribution in [2.24, 2.45) is 17.8 Å². The first-order valence-electron chi connectivity index (χ1n) is 4.66. The fourth-order valence-electron chi connectivity index (χ4n) is 2.24. The van der Waals surface area contributed by atoms with Gasteiger partial charge in [0.15, 0.2) is 0 Å². The lowest BCUT2D eigenvalue weighted by atomic mass is 10.0. The molecule has 2 rings (SSSR count). The van der Waals surface area contributed by atoms with E-state index in [1.807, 2.05) is 0 Å². The van der Waals surface area contributed by atoms with Crippen molar-refractivity contribution in [3.8, 4) is 0 Å². The van der Waals surface area contributed by atoms with Crippen molar-refractivity contribution < 1.29 is 14.7 Å². The third-order valence-electron chi connectivity index (χ3n) is 3.03. The van der Waals surface area contributed by atoms with Gasteiger partial charge >= 0.3 is 5.97 Å². The summed E-state index contributed by atoms with van der Waals surface area (Å²) < 4.78 is 0. The number of rotatable bonds is 3. The van der Waals surface area contributed by atoms with Gasteiger partial charge in [0, 0.05) is 5.92 Å². The number of carbonyl (C=O) groups excluding carboxylic acids is 1. The monoisotopic (exact) mass is 183 g/mol. The Morgan fingerprint density at radius 2 is 1.85 bits per heavy atom. The summed E-state index contributed by atoms with van der Waals surface area (Å²) >= 11 is 0. The van der Waals surface area contributed by atoms with Crippen molar-refractivity contribution in [3.05, 3.63) is 0 Å². The van der Waals surface area contributed by atoms with Gasteiger partial charge in [0.1, 0.15) is 6.54 Å². The molecule has 0 saturated heterocycles. The Morgan fingerprint density at radius 3 is 2.38 bits per heavy atom. The van der Waals surface area contributed by atoms with E-state index in [1.165, 1.54) is 6.42 Å². The highest BCUT2D eigenvalue weighted by Crippen LogP contribution is 2.54. The molecule has 4 heteroatoms. The number of aliphatic carboxylic acids is 1. The molecule has 2 fully saturated rings. The summed E-state index contributed by atoms with van der Waals surface area (Å²) in [5.41, 5.74) is 0. The molecule has 2 aliphatic carbocycles. The number of carbonyl (C=O) groups is 2. The summed E-state index contributed by atoms with van der Waals surface area (Å²) in [5, 5.41) is 10.8. The molecule has 0 aromatic heterocycles. The summed E-state index contributed by atoms with van der Waals surface area (Å²) in [6.45, 7) is -0.245. The van der Waals surface area contributed by atoms with Crippen LogP contribution in [0.2, 0.25) is 0 Å². The van der Waals surface area contributed by atoms with E-state index in [1.54, 1.807) is 0 Å². The van der Waals surface area contributed by atoms with Gasteiger partial charge in [-0.2, -0.15) is 0 Å². The number of fused-ring (bicyclic) bond motifs is 1. The fraction of sp³-hybridized carbons (Fsp3) is 0.778. The molecule has 72 valence electrons. The number of amides is 1. The molecule has 0 radical (unpaired) electrons. The Balaban J connectivity index is 1.74. The molecular weight excluding hydrogens is 170 g/mol. The average Bonchev–Trinajstić information content (AvgIpc) is 2.69. The molecule has 0 aliphatic heterocycles. The predicted octanol–water partition coefficient (Wildman–Crippen LogP) is 0.233. The van der Waals surface area contributed by atoms with Crippen LogP contribution in [-0.4, -0.2) is 23.5 Å². The Hall–Kier alpha value is -1.06. The second-order valence-corrected chi connectivity index (χ2v) is 4.04. The minimum Gasteiger partial charge on any atom is -0.480 e.